The van der Waals surface area contributed by atoms with Crippen molar-refractivity contribution in [3.8, 4) is 11.5 Å². The van der Waals surface area contributed by atoms with Gasteiger partial charge in [0, 0.05) is 31.7 Å². The van der Waals surface area contributed by atoms with Crippen molar-refractivity contribution in [1.29, 1.82) is 0 Å². The van der Waals surface area contributed by atoms with Gasteiger partial charge in [-0.3, -0.25) is 14.5 Å². The maximum atomic E-state index is 12.7. The number of carbonyl (C=O) groups is 2. The number of nitrogens with zero attached hydrogens (tertiary/aromatic N) is 2. The molecule has 2 aliphatic rings. The Hall–Kier alpha value is -2.28. The topological polar surface area (TPSA) is 71.1 Å². The Bertz CT molecular complexity index is 689. The summed E-state index contributed by atoms with van der Waals surface area (Å²) in [5.74, 6) is 1.49. The molecular formula is C22H33N3O4. The van der Waals surface area contributed by atoms with Crippen LogP contribution in [0.15, 0.2) is 18.2 Å². The Morgan fingerprint density at radius 3 is 2.76 bits per heavy atom. The van der Waals surface area contributed by atoms with E-state index in [2.05, 4.69) is 5.32 Å². The van der Waals surface area contributed by atoms with Crippen LogP contribution in [0.4, 0.5) is 0 Å². The third-order valence-electron chi connectivity index (χ3n) is 5.33. The van der Waals surface area contributed by atoms with Gasteiger partial charge in [-0.15, -0.1) is 0 Å². The molecule has 1 fully saturated rings. The number of para-hydroxylation sites is 1. The Balaban J connectivity index is 1.81. The van der Waals surface area contributed by atoms with Crippen molar-refractivity contribution >= 4 is 11.8 Å². The lowest BCUT2D eigenvalue weighted by Crippen LogP contribution is -2.43. The molecule has 7 nitrogen and oxygen atoms in total. The summed E-state index contributed by atoms with van der Waals surface area (Å²) in [7, 11) is 0. The van der Waals surface area contributed by atoms with E-state index < -0.39 is 0 Å². The lowest BCUT2D eigenvalue weighted by atomic mass is 10.1. The Labute approximate surface area is 173 Å². The van der Waals surface area contributed by atoms with Crippen LogP contribution in [0.5, 0.6) is 11.5 Å². The summed E-state index contributed by atoms with van der Waals surface area (Å²) in [6.45, 7) is 6.28. The number of fused-ring (bicyclic) bond motifs is 1. The van der Waals surface area contributed by atoms with E-state index in [0.717, 1.165) is 62.3 Å². The second-order valence-corrected chi connectivity index (χ2v) is 7.67. The third-order valence-corrected chi connectivity index (χ3v) is 5.33. The lowest BCUT2D eigenvalue weighted by molar-refractivity contribution is -0.132. The SMILES string of the molecule is CCOc1cccc2c1OCCCCCNC(=O)CN(CC(=O)N1CCCC1)C2. The zero-order valence-corrected chi connectivity index (χ0v) is 17.5. The first kappa shape index (κ1) is 21.4. The number of ether oxygens (including phenoxy) is 2. The minimum Gasteiger partial charge on any atom is -0.490 e. The molecule has 2 amide bonds. The van der Waals surface area contributed by atoms with Crippen molar-refractivity contribution in [2.45, 2.75) is 45.6 Å². The average molecular weight is 404 g/mol. The fourth-order valence-corrected chi connectivity index (χ4v) is 3.85. The van der Waals surface area contributed by atoms with Gasteiger partial charge in [0.15, 0.2) is 11.5 Å². The molecule has 1 saturated heterocycles. The number of likely N-dealkylation sites (tertiary alicyclic amines) is 1. The molecule has 0 aromatic heterocycles. The average Bonchev–Trinajstić information content (AvgIpc) is 3.23. The normalized spacial score (nSPS) is 19.2. The molecule has 29 heavy (non-hydrogen) atoms. The van der Waals surface area contributed by atoms with Gasteiger partial charge in [0.25, 0.3) is 0 Å². The zero-order valence-electron chi connectivity index (χ0n) is 17.5. The zero-order chi connectivity index (χ0) is 20.5. The highest BCUT2D eigenvalue weighted by atomic mass is 16.5. The Morgan fingerprint density at radius 1 is 1.14 bits per heavy atom. The van der Waals surface area contributed by atoms with E-state index >= 15 is 0 Å². The molecular weight excluding hydrogens is 370 g/mol. The van der Waals surface area contributed by atoms with Crippen LogP contribution in [0.1, 0.15) is 44.6 Å². The highest BCUT2D eigenvalue weighted by Gasteiger charge is 2.23. The number of hydrogen-bond acceptors (Lipinski definition) is 5. The van der Waals surface area contributed by atoms with Crippen LogP contribution in [-0.4, -0.2) is 67.6 Å². The predicted molar refractivity (Wildman–Crippen MR) is 111 cm³/mol. The number of carbonyl (C=O) groups excluding carboxylic acids is 2. The molecule has 0 saturated carbocycles. The highest BCUT2D eigenvalue weighted by Crippen LogP contribution is 2.32. The molecule has 0 radical (unpaired) electrons. The number of amides is 2. The van der Waals surface area contributed by atoms with E-state index in [1.807, 2.05) is 34.9 Å². The fraction of sp³-hybridized carbons (Fsp3) is 0.636. The number of nitrogens with one attached hydrogen (secondary N) is 1. The monoisotopic (exact) mass is 403 g/mol. The van der Waals surface area contributed by atoms with Crippen molar-refractivity contribution in [3.63, 3.8) is 0 Å². The van der Waals surface area contributed by atoms with Crippen molar-refractivity contribution in [2.24, 2.45) is 0 Å². The fourth-order valence-electron chi connectivity index (χ4n) is 3.85. The van der Waals surface area contributed by atoms with Crippen LogP contribution < -0.4 is 14.8 Å². The van der Waals surface area contributed by atoms with E-state index in [0.29, 0.717) is 26.3 Å². The predicted octanol–water partition coefficient (Wildman–Crippen LogP) is 2.19. The summed E-state index contributed by atoms with van der Waals surface area (Å²) in [6, 6.07) is 5.83. The van der Waals surface area contributed by atoms with Gasteiger partial charge in [0.1, 0.15) is 0 Å². The standard InChI is InChI=1S/C22H33N3O4/c1-2-28-19-10-8-9-18-15-24(17-21(27)25-12-5-6-13-25)16-20(26)23-11-4-3-7-14-29-22(18)19/h8-10H,2-7,11-17H2,1H3,(H,23,26). The molecule has 1 N–H and O–H groups in total. The Morgan fingerprint density at radius 2 is 1.97 bits per heavy atom. The molecule has 2 aliphatic heterocycles. The van der Waals surface area contributed by atoms with Crippen LogP contribution in [0.25, 0.3) is 0 Å². The smallest absolute Gasteiger partial charge is 0.236 e. The molecule has 1 aromatic carbocycles. The van der Waals surface area contributed by atoms with Crippen LogP contribution in [-0.2, 0) is 16.1 Å². The van der Waals surface area contributed by atoms with Crippen LogP contribution >= 0.6 is 0 Å². The van der Waals surface area contributed by atoms with Crippen LogP contribution in [0.3, 0.4) is 0 Å². The molecule has 0 aliphatic carbocycles. The van der Waals surface area contributed by atoms with Crippen molar-refractivity contribution in [1.82, 2.24) is 15.1 Å². The van der Waals surface area contributed by atoms with Gasteiger partial charge in [-0.2, -0.15) is 0 Å². The van der Waals surface area contributed by atoms with Gasteiger partial charge in [0.05, 0.1) is 26.3 Å². The van der Waals surface area contributed by atoms with Crippen molar-refractivity contribution in [2.75, 3.05) is 45.9 Å². The number of hydrogen-bond donors (Lipinski definition) is 1. The molecule has 0 spiro atoms. The van der Waals surface area contributed by atoms with Gasteiger partial charge in [0.2, 0.25) is 11.8 Å². The second-order valence-electron chi connectivity index (χ2n) is 7.67. The number of benzene rings is 1. The molecule has 0 unspecified atom stereocenters. The van der Waals surface area contributed by atoms with Gasteiger partial charge in [-0.25, -0.2) is 0 Å². The minimum absolute atomic E-state index is 0.0399. The minimum atomic E-state index is -0.0399. The molecule has 0 atom stereocenters. The van der Waals surface area contributed by atoms with Gasteiger partial charge in [-0.1, -0.05) is 12.1 Å². The van der Waals surface area contributed by atoms with Crippen LogP contribution in [0, 0.1) is 0 Å². The van der Waals surface area contributed by atoms with Gasteiger partial charge < -0.3 is 19.7 Å². The molecule has 0 bridgehead atoms. The lowest BCUT2D eigenvalue weighted by Gasteiger charge is -2.25. The molecule has 7 heteroatoms. The van der Waals surface area contributed by atoms with Crippen LogP contribution in [0.2, 0.25) is 0 Å². The molecule has 3 rings (SSSR count). The maximum Gasteiger partial charge on any atom is 0.236 e. The van der Waals surface area contributed by atoms with E-state index in [1.54, 1.807) is 0 Å². The van der Waals surface area contributed by atoms with Crippen molar-refractivity contribution < 1.29 is 19.1 Å². The molecule has 2 heterocycles. The summed E-state index contributed by atoms with van der Waals surface area (Å²) in [4.78, 5) is 29.0. The van der Waals surface area contributed by atoms with Gasteiger partial charge in [-0.05, 0) is 45.1 Å². The number of rotatable bonds is 4. The second kappa shape index (κ2) is 11.0. The third kappa shape index (κ3) is 6.35. The van der Waals surface area contributed by atoms with E-state index in [4.69, 9.17) is 9.47 Å². The van der Waals surface area contributed by atoms with E-state index in [-0.39, 0.29) is 24.9 Å². The largest absolute Gasteiger partial charge is 0.490 e. The van der Waals surface area contributed by atoms with E-state index in [1.165, 1.54) is 0 Å². The first-order valence-electron chi connectivity index (χ1n) is 10.8. The molecule has 1 aromatic rings. The van der Waals surface area contributed by atoms with E-state index in [9.17, 15) is 9.59 Å². The maximum absolute atomic E-state index is 12.7. The molecule has 160 valence electrons. The summed E-state index contributed by atoms with van der Waals surface area (Å²) in [5.41, 5.74) is 0.942. The van der Waals surface area contributed by atoms with Gasteiger partial charge >= 0.3 is 0 Å². The summed E-state index contributed by atoms with van der Waals surface area (Å²) >= 11 is 0. The highest BCUT2D eigenvalue weighted by molar-refractivity contribution is 5.81. The summed E-state index contributed by atoms with van der Waals surface area (Å²) in [5, 5.41) is 2.98. The van der Waals surface area contributed by atoms with Crippen molar-refractivity contribution in [3.05, 3.63) is 23.8 Å². The first-order valence-corrected chi connectivity index (χ1v) is 10.8. The first-order chi connectivity index (χ1) is 14.2. The Kier molecular flexibility index (Phi) is 8.16. The quantitative estimate of drug-likeness (QED) is 0.835. The summed E-state index contributed by atoms with van der Waals surface area (Å²) in [6.07, 6.45) is 4.94. The summed E-state index contributed by atoms with van der Waals surface area (Å²) < 4.78 is 11.9.